The van der Waals surface area contributed by atoms with Gasteiger partial charge < -0.3 is 15.4 Å². The molecule has 1 aromatic heterocycles. The molecule has 18 heavy (non-hydrogen) atoms. The Hall–Kier alpha value is -2.21. The van der Waals surface area contributed by atoms with E-state index in [-0.39, 0.29) is 11.0 Å². The van der Waals surface area contributed by atoms with Gasteiger partial charge in [-0.3, -0.25) is 0 Å². The maximum Gasteiger partial charge on any atom is 0.218 e. The minimum absolute atomic E-state index is 0.0218. The molecule has 1 heterocycles. The summed E-state index contributed by atoms with van der Waals surface area (Å²) in [7, 11) is 0. The SMILES string of the molecule is C=CCNC(=S)N=Nc1c(O)[nH]c2ccccc12. The molecule has 0 saturated heterocycles. The Morgan fingerprint density at radius 2 is 2.28 bits per heavy atom. The smallest absolute Gasteiger partial charge is 0.218 e. The predicted octanol–water partition coefficient (Wildman–Crippen LogP) is 3.02. The Bertz CT molecular complexity index is 618. The zero-order valence-corrected chi connectivity index (χ0v) is 10.4. The molecule has 0 fully saturated rings. The molecular formula is C12H12N4OS. The van der Waals surface area contributed by atoms with E-state index in [1.54, 1.807) is 6.08 Å². The normalized spacial score (nSPS) is 10.9. The fourth-order valence-electron chi connectivity index (χ4n) is 1.50. The molecule has 0 amide bonds. The second-order valence-corrected chi connectivity index (χ2v) is 3.93. The van der Waals surface area contributed by atoms with Crippen LogP contribution < -0.4 is 5.32 Å². The van der Waals surface area contributed by atoms with Crippen molar-refractivity contribution in [3.05, 3.63) is 36.9 Å². The van der Waals surface area contributed by atoms with Crippen LogP contribution in [0, 0.1) is 0 Å². The van der Waals surface area contributed by atoms with E-state index < -0.39 is 0 Å². The van der Waals surface area contributed by atoms with E-state index in [2.05, 4.69) is 27.1 Å². The molecule has 0 aliphatic rings. The molecular weight excluding hydrogens is 248 g/mol. The number of thiocarbonyl (C=S) groups is 1. The van der Waals surface area contributed by atoms with Crippen LogP contribution >= 0.6 is 12.2 Å². The number of para-hydroxylation sites is 1. The van der Waals surface area contributed by atoms with Crippen LogP contribution in [0.2, 0.25) is 0 Å². The van der Waals surface area contributed by atoms with Crippen LogP contribution in [-0.4, -0.2) is 21.7 Å². The summed E-state index contributed by atoms with van der Waals surface area (Å²) >= 11 is 4.95. The van der Waals surface area contributed by atoms with Crippen molar-refractivity contribution in [2.45, 2.75) is 0 Å². The summed E-state index contributed by atoms with van der Waals surface area (Å²) in [5, 5.41) is 21.4. The monoisotopic (exact) mass is 260 g/mol. The second kappa shape index (κ2) is 5.42. The molecule has 3 N–H and O–H groups in total. The van der Waals surface area contributed by atoms with Crippen molar-refractivity contribution >= 4 is 33.9 Å². The van der Waals surface area contributed by atoms with Crippen molar-refractivity contribution in [3.63, 3.8) is 0 Å². The number of hydrogen-bond donors (Lipinski definition) is 3. The first kappa shape index (κ1) is 12.3. The van der Waals surface area contributed by atoms with Crippen molar-refractivity contribution in [1.29, 1.82) is 0 Å². The third kappa shape index (κ3) is 2.54. The lowest BCUT2D eigenvalue weighted by Gasteiger charge is -1.96. The summed E-state index contributed by atoms with van der Waals surface area (Å²) in [6, 6.07) is 7.43. The Labute approximate surface area is 109 Å². The van der Waals surface area contributed by atoms with E-state index in [1.165, 1.54) is 0 Å². The zero-order chi connectivity index (χ0) is 13.0. The highest BCUT2D eigenvalue weighted by molar-refractivity contribution is 7.80. The number of benzene rings is 1. The number of nitrogens with zero attached hydrogens (tertiary/aromatic N) is 2. The summed E-state index contributed by atoms with van der Waals surface area (Å²) in [5.41, 5.74) is 1.18. The first-order chi connectivity index (χ1) is 8.72. The van der Waals surface area contributed by atoms with E-state index >= 15 is 0 Å². The largest absolute Gasteiger partial charge is 0.493 e. The Balaban J connectivity index is 2.26. The van der Waals surface area contributed by atoms with Gasteiger partial charge in [0.2, 0.25) is 11.0 Å². The molecule has 0 aliphatic carbocycles. The summed E-state index contributed by atoms with van der Waals surface area (Å²) < 4.78 is 0. The topological polar surface area (TPSA) is 72.8 Å². The van der Waals surface area contributed by atoms with Gasteiger partial charge in [-0.1, -0.05) is 24.3 Å². The molecule has 0 saturated carbocycles. The average Bonchev–Trinajstić information content (AvgIpc) is 2.69. The summed E-state index contributed by atoms with van der Waals surface area (Å²) in [6.07, 6.45) is 1.67. The van der Waals surface area contributed by atoms with Gasteiger partial charge in [-0.05, 0) is 18.3 Å². The highest BCUT2D eigenvalue weighted by Crippen LogP contribution is 2.34. The van der Waals surface area contributed by atoms with E-state index in [9.17, 15) is 5.11 Å². The van der Waals surface area contributed by atoms with Crippen LogP contribution in [0.25, 0.3) is 10.9 Å². The first-order valence-corrected chi connectivity index (χ1v) is 5.73. The summed E-state index contributed by atoms with van der Waals surface area (Å²) in [4.78, 5) is 2.82. The maximum absolute atomic E-state index is 9.73. The Morgan fingerprint density at radius 1 is 1.50 bits per heavy atom. The van der Waals surface area contributed by atoms with E-state index in [0.29, 0.717) is 12.2 Å². The van der Waals surface area contributed by atoms with E-state index in [0.717, 1.165) is 10.9 Å². The molecule has 2 aromatic rings. The first-order valence-electron chi connectivity index (χ1n) is 5.32. The number of aromatic amines is 1. The van der Waals surface area contributed by atoms with Gasteiger partial charge in [-0.2, -0.15) is 0 Å². The van der Waals surface area contributed by atoms with Crippen LogP contribution in [0.15, 0.2) is 47.1 Å². The van der Waals surface area contributed by atoms with Gasteiger partial charge >= 0.3 is 0 Å². The van der Waals surface area contributed by atoms with Crippen LogP contribution in [0.3, 0.4) is 0 Å². The second-order valence-electron chi connectivity index (χ2n) is 3.54. The standard InChI is InChI=1S/C12H12N4OS/c1-2-7-13-12(18)16-15-10-8-5-3-4-6-9(8)14-11(10)17/h2-6,14,17H,1,7H2,(H,13,18). The van der Waals surface area contributed by atoms with Crippen LogP contribution in [-0.2, 0) is 0 Å². The third-order valence-electron chi connectivity index (χ3n) is 2.30. The number of nitrogens with one attached hydrogen (secondary N) is 2. The highest BCUT2D eigenvalue weighted by Gasteiger charge is 2.09. The van der Waals surface area contributed by atoms with Gasteiger partial charge in [-0.15, -0.1) is 16.8 Å². The third-order valence-corrected chi connectivity index (χ3v) is 2.52. The predicted molar refractivity (Wildman–Crippen MR) is 75.3 cm³/mol. The minimum atomic E-state index is -0.0218. The molecule has 0 unspecified atom stereocenters. The zero-order valence-electron chi connectivity index (χ0n) is 9.55. The maximum atomic E-state index is 9.73. The number of aromatic nitrogens is 1. The number of fused-ring (bicyclic) bond motifs is 1. The van der Waals surface area contributed by atoms with Crippen LogP contribution in [0.5, 0.6) is 5.88 Å². The summed E-state index contributed by atoms with van der Waals surface area (Å²) in [5.74, 6) is -0.0218. The number of aromatic hydroxyl groups is 1. The molecule has 92 valence electrons. The van der Waals surface area contributed by atoms with Gasteiger partial charge in [0.05, 0.1) is 5.52 Å². The van der Waals surface area contributed by atoms with Crippen LogP contribution in [0.1, 0.15) is 0 Å². The van der Waals surface area contributed by atoms with Crippen molar-refractivity contribution in [2.24, 2.45) is 10.2 Å². The summed E-state index contributed by atoms with van der Waals surface area (Å²) in [6.45, 7) is 4.08. The number of hydrogen-bond acceptors (Lipinski definition) is 3. The average molecular weight is 260 g/mol. The van der Waals surface area contributed by atoms with E-state index in [1.807, 2.05) is 24.3 Å². The lowest BCUT2D eigenvalue weighted by Crippen LogP contribution is -2.18. The number of H-pyrrole nitrogens is 1. The van der Waals surface area contributed by atoms with Crippen molar-refractivity contribution in [2.75, 3.05) is 6.54 Å². The van der Waals surface area contributed by atoms with Gasteiger partial charge in [0.15, 0.2) is 5.69 Å². The van der Waals surface area contributed by atoms with Crippen molar-refractivity contribution in [1.82, 2.24) is 10.3 Å². The van der Waals surface area contributed by atoms with Crippen LogP contribution in [0.4, 0.5) is 5.69 Å². The van der Waals surface area contributed by atoms with Gasteiger partial charge in [0, 0.05) is 11.9 Å². The molecule has 1 aromatic carbocycles. The number of rotatable bonds is 3. The van der Waals surface area contributed by atoms with Crippen molar-refractivity contribution in [3.8, 4) is 5.88 Å². The minimum Gasteiger partial charge on any atom is -0.493 e. The highest BCUT2D eigenvalue weighted by atomic mass is 32.1. The van der Waals surface area contributed by atoms with Gasteiger partial charge in [-0.25, -0.2) is 0 Å². The molecule has 2 rings (SSSR count). The lowest BCUT2D eigenvalue weighted by molar-refractivity contribution is 0.459. The molecule has 5 nitrogen and oxygen atoms in total. The molecule has 0 spiro atoms. The Kier molecular flexibility index (Phi) is 3.69. The van der Waals surface area contributed by atoms with E-state index in [4.69, 9.17) is 12.2 Å². The van der Waals surface area contributed by atoms with Crippen molar-refractivity contribution < 1.29 is 5.11 Å². The quantitative estimate of drug-likeness (QED) is 0.451. The molecule has 0 radical (unpaired) electrons. The fourth-order valence-corrected chi connectivity index (χ4v) is 1.63. The fraction of sp³-hybridized carbons (Fsp3) is 0.0833. The van der Waals surface area contributed by atoms with Gasteiger partial charge in [0.1, 0.15) is 0 Å². The van der Waals surface area contributed by atoms with Gasteiger partial charge in [0.25, 0.3) is 0 Å². The molecule has 6 heteroatoms. The number of azo groups is 1. The Morgan fingerprint density at radius 3 is 3.06 bits per heavy atom. The molecule has 0 aliphatic heterocycles. The molecule has 0 atom stereocenters. The molecule has 0 bridgehead atoms. The lowest BCUT2D eigenvalue weighted by atomic mass is 10.2.